The molecule has 1 heterocycles. The molecule has 16 heavy (non-hydrogen) atoms. The summed E-state index contributed by atoms with van der Waals surface area (Å²) in [6.45, 7) is 5.59. The number of carbonyl (C=O) groups excluding carboxylic acids is 1. The molecule has 0 aromatic carbocycles. The number of nitrogens with zero attached hydrogens (tertiary/aromatic N) is 1. The first-order chi connectivity index (χ1) is 7.53. The largest absolute Gasteiger partial charge is 0.353 e. The highest BCUT2D eigenvalue weighted by Gasteiger charge is 2.35. The van der Waals surface area contributed by atoms with Gasteiger partial charge in [0.15, 0.2) is 5.79 Å². The second-order valence-electron chi connectivity index (χ2n) is 4.80. The van der Waals surface area contributed by atoms with Gasteiger partial charge in [-0.25, -0.2) is 0 Å². The fourth-order valence-corrected chi connectivity index (χ4v) is 2.07. The van der Waals surface area contributed by atoms with Gasteiger partial charge in [0.1, 0.15) is 0 Å². The topological polar surface area (TPSA) is 38.8 Å². The summed E-state index contributed by atoms with van der Waals surface area (Å²) in [5.41, 5.74) is 0. The van der Waals surface area contributed by atoms with Crippen LogP contribution in [-0.2, 0) is 14.3 Å². The minimum Gasteiger partial charge on any atom is -0.353 e. The lowest BCUT2D eigenvalue weighted by Gasteiger charge is -2.39. The maximum Gasteiger partial charge on any atom is 0.222 e. The number of carbonyl (C=O) groups is 1. The molecule has 1 amide bonds. The standard InChI is InChI=1S/C12H23NO3/c1-10(2)9-11(14)13-7-5-12(15-3,16-4)6-8-13/h10H,5-9H2,1-4H3. The zero-order valence-corrected chi connectivity index (χ0v) is 10.8. The van der Waals surface area contributed by atoms with E-state index in [-0.39, 0.29) is 5.91 Å². The number of ether oxygens (including phenoxy) is 2. The Balaban J connectivity index is 2.45. The number of hydrogen-bond donors (Lipinski definition) is 0. The van der Waals surface area contributed by atoms with Crippen LogP contribution in [0.2, 0.25) is 0 Å². The van der Waals surface area contributed by atoms with E-state index in [4.69, 9.17) is 9.47 Å². The fraction of sp³-hybridized carbons (Fsp3) is 0.917. The average Bonchev–Trinajstić information content (AvgIpc) is 2.28. The maximum absolute atomic E-state index is 11.8. The lowest BCUT2D eigenvalue weighted by molar-refractivity contribution is -0.228. The molecule has 0 N–H and O–H groups in total. The molecule has 1 aliphatic heterocycles. The highest BCUT2D eigenvalue weighted by molar-refractivity contribution is 5.76. The molecular formula is C12H23NO3. The Morgan fingerprint density at radius 2 is 1.75 bits per heavy atom. The summed E-state index contributed by atoms with van der Waals surface area (Å²) in [5, 5.41) is 0. The third-order valence-electron chi connectivity index (χ3n) is 3.20. The Labute approximate surface area is 97.9 Å². The van der Waals surface area contributed by atoms with Gasteiger partial charge in [-0.15, -0.1) is 0 Å². The molecule has 1 rings (SSSR count). The van der Waals surface area contributed by atoms with Crippen LogP contribution in [0.5, 0.6) is 0 Å². The molecule has 0 radical (unpaired) electrons. The van der Waals surface area contributed by atoms with Gasteiger partial charge < -0.3 is 14.4 Å². The highest BCUT2D eigenvalue weighted by Crippen LogP contribution is 2.26. The van der Waals surface area contributed by atoms with Crippen LogP contribution in [-0.4, -0.2) is 43.9 Å². The molecule has 0 aromatic heterocycles. The van der Waals surface area contributed by atoms with Gasteiger partial charge in [0.2, 0.25) is 5.91 Å². The van der Waals surface area contributed by atoms with E-state index in [0.717, 1.165) is 25.9 Å². The van der Waals surface area contributed by atoms with Gasteiger partial charge in [-0.05, 0) is 5.92 Å². The third-order valence-corrected chi connectivity index (χ3v) is 3.20. The van der Waals surface area contributed by atoms with Gasteiger partial charge in [0.25, 0.3) is 0 Å². The summed E-state index contributed by atoms with van der Waals surface area (Å²) in [5.74, 6) is 0.189. The van der Waals surface area contributed by atoms with Crippen molar-refractivity contribution < 1.29 is 14.3 Å². The Hall–Kier alpha value is -0.610. The minimum atomic E-state index is -0.478. The smallest absolute Gasteiger partial charge is 0.222 e. The average molecular weight is 229 g/mol. The molecular weight excluding hydrogens is 206 g/mol. The fourth-order valence-electron chi connectivity index (χ4n) is 2.07. The van der Waals surface area contributed by atoms with Crippen molar-refractivity contribution >= 4 is 5.91 Å². The van der Waals surface area contributed by atoms with E-state index in [1.165, 1.54) is 0 Å². The number of likely N-dealkylation sites (tertiary alicyclic amines) is 1. The molecule has 1 fully saturated rings. The van der Waals surface area contributed by atoms with Crippen LogP contribution in [0.3, 0.4) is 0 Å². The van der Waals surface area contributed by atoms with Crippen molar-refractivity contribution in [2.24, 2.45) is 5.92 Å². The van der Waals surface area contributed by atoms with Crippen molar-refractivity contribution in [2.45, 2.75) is 38.9 Å². The highest BCUT2D eigenvalue weighted by atomic mass is 16.7. The minimum absolute atomic E-state index is 0.246. The monoisotopic (exact) mass is 229 g/mol. The molecule has 0 saturated carbocycles. The zero-order valence-electron chi connectivity index (χ0n) is 10.8. The van der Waals surface area contributed by atoms with Crippen molar-refractivity contribution in [1.82, 2.24) is 4.90 Å². The van der Waals surface area contributed by atoms with E-state index < -0.39 is 5.79 Å². The predicted octanol–water partition coefficient (Wildman–Crippen LogP) is 1.64. The van der Waals surface area contributed by atoms with Crippen LogP contribution in [0.1, 0.15) is 33.1 Å². The predicted molar refractivity (Wildman–Crippen MR) is 62.0 cm³/mol. The number of piperidine rings is 1. The van der Waals surface area contributed by atoms with Gasteiger partial charge in [0, 0.05) is 46.6 Å². The van der Waals surface area contributed by atoms with Crippen molar-refractivity contribution in [2.75, 3.05) is 27.3 Å². The number of methoxy groups -OCH3 is 2. The molecule has 0 aromatic rings. The van der Waals surface area contributed by atoms with E-state index in [1.54, 1.807) is 14.2 Å². The molecule has 0 atom stereocenters. The summed E-state index contributed by atoms with van der Waals surface area (Å²) in [4.78, 5) is 13.8. The van der Waals surface area contributed by atoms with Gasteiger partial charge in [-0.3, -0.25) is 4.79 Å². The summed E-state index contributed by atoms with van der Waals surface area (Å²) in [6, 6.07) is 0. The summed E-state index contributed by atoms with van der Waals surface area (Å²) in [6.07, 6.45) is 2.14. The molecule has 0 unspecified atom stereocenters. The quantitative estimate of drug-likeness (QED) is 0.688. The van der Waals surface area contributed by atoms with Crippen molar-refractivity contribution in [3.05, 3.63) is 0 Å². The van der Waals surface area contributed by atoms with E-state index in [0.29, 0.717) is 12.3 Å². The van der Waals surface area contributed by atoms with Crippen LogP contribution in [0.4, 0.5) is 0 Å². The van der Waals surface area contributed by atoms with Crippen LogP contribution in [0.15, 0.2) is 0 Å². The maximum atomic E-state index is 11.8. The van der Waals surface area contributed by atoms with E-state index in [9.17, 15) is 4.79 Å². The number of amides is 1. The zero-order chi connectivity index (χ0) is 12.2. The van der Waals surface area contributed by atoms with Gasteiger partial charge in [0.05, 0.1) is 0 Å². The second-order valence-corrected chi connectivity index (χ2v) is 4.80. The molecule has 0 spiro atoms. The van der Waals surface area contributed by atoms with Crippen LogP contribution >= 0.6 is 0 Å². The molecule has 0 bridgehead atoms. The van der Waals surface area contributed by atoms with Gasteiger partial charge in [-0.1, -0.05) is 13.8 Å². The van der Waals surface area contributed by atoms with Crippen LogP contribution in [0.25, 0.3) is 0 Å². The Bertz CT molecular complexity index is 226. The number of rotatable bonds is 4. The molecule has 4 nitrogen and oxygen atoms in total. The van der Waals surface area contributed by atoms with Crippen molar-refractivity contribution in [1.29, 1.82) is 0 Å². The molecule has 94 valence electrons. The summed E-state index contributed by atoms with van der Waals surface area (Å²) >= 11 is 0. The number of hydrogen-bond acceptors (Lipinski definition) is 3. The summed E-state index contributed by atoms with van der Waals surface area (Å²) < 4.78 is 10.8. The Morgan fingerprint density at radius 3 is 2.12 bits per heavy atom. The normalized spacial score (nSPS) is 20.2. The first-order valence-electron chi connectivity index (χ1n) is 5.91. The van der Waals surface area contributed by atoms with Crippen molar-refractivity contribution in [3.63, 3.8) is 0 Å². The molecule has 0 aliphatic carbocycles. The first-order valence-corrected chi connectivity index (χ1v) is 5.91. The molecule has 1 aliphatic rings. The molecule has 4 heteroatoms. The SMILES string of the molecule is COC1(OC)CCN(C(=O)CC(C)C)CC1. The van der Waals surface area contributed by atoms with Crippen molar-refractivity contribution in [3.8, 4) is 0 Å². The van der Waals surface area contributed by atoms with Gasteiger partial charge in [-0.2, -0.15) is 0 Å². The van der Waals surface area contributed by atoms with E-state index in [2.05, 4.69) is 13.8 Å². The third kappa shape index (κ3) is 3.19. The van der Waals surface area contributed by atoms with Gasteiger partial charge >= 0.3 is 0 Å². The van der Waals surface area contributed by atoms with E-state index in [1.807, 2.05) is 4.90 Å². The van der Waals surface area contributed by atoms with Crippen LogP contribution < -0.4 is 0 Å². The second kappa shape index (κ2) is 5.64. The Morgan fingerprint density at radius 1 is 1.25 bits per heavy atom. The van der Waals surface area contributed by atoms with E-state index >= 15 is 0 Å². The lowest BCUT2D eigenvalue weighted by Crippen LogP contribution is -2.48. The molecule has 1 saturated heterocycles. The first kappa shape index (κ1) is 13.5. The Kier molecular flexibility index (Phi) is 4.74. The summed E-state index contributed by atoms with van der Waals surface area (Å²) in [7, 11) is 3.32. The lowest BCUT2D eigenvalue weighted by atomic mass is 10.0. The van der Waals surface area contributed by atoms with Crippen LogP contribution in [0, 0.1) is 5.92 Å².